The van der Waals surface area contributed by atoms with Crippen molar-refractivity contribution in [2.24, 2.45) is 0 Å². The molecule has 0 fully saturated rings. The minimum atomic E-state index is 0.0723. The highest BCUT2D eigenvalue weighted by Gasteiger charge is 2.23. The van der Waals surface area contributed by atoms with Crippen LogP contribution in [0.5, 0.6) is 0 Å². The van der Waals surface area contributed by atoms with Crippen molar-refractivity contribution >= 4 is 45.9 Å². The summed E-state index contributed by atoms with van der Waals surface area (Å²) in [7, 11) is 0. The second-order valence-corrected chi connectivity index (χ2v) is 6.66. The Labute approximate surface area is 164 Å². The maximum absolute atomic E-state index is 9.67. The maximum Gasteiger partial charge on any atom is 0.168 e. The van der Waals surface area contributed by atoms with Crippen molar-refractivity contribution in [2.75, 3.05) is 11.5 Å². The number of aromatic nitrogens is 3. The summed E-state index contributed by atoms with van der Waals surface area (Å²) >= 11 is 12.4. The number of halogens is 2. The molecule has 0 unspecified atom stereocenters. The lowest BCUT2D eigenvalue weighted by molar-refractivity contribution is 0.903. The minimum Gasteiger partial charge on any atom is -0.383 e. The van der Waals surface area contributed by atoms with Crippen LogP contribution in [0.15, 0.2) is 48.5 Å². The fraction of sp³-hybridized carbons (Fsp3) is 0. The Morgan fingerprint density at radius 2 is 1.74 bits per heavy atom. The molecular weight excluding hydrogens is 383 g/mol. The summed E-state index contributed by atoms with van der Waals surface area (Å²) in [4.78, 5) is 4.38. The van der Waals surface area contributed by atoms with Crippen LogP contribution in [0, 0.1) is 11.3 Å². The lowest BCUT2D eigenvalue weighted by Gasteiger charge is -2.11. The van der Waals surface area contributed by atoms with Crippen LogP contribution in [0.3, 0.4) is 0 Å². The van der Waals surface area contributed by atoms with E-state index < -0.39 is 0 Å². The first-order chi connectivity index (χ1) is 13.0. The Hall–Kier alpha value is -3.27. The molecule has 0 saturated carbocycles. The van der Waals surface area contributed by atoms with Gasteiger partial charge in [0, 0.05) is 21.2 Å². The molecule has 0 aliphatic carbocycles. The number of nitrogens with zero attached hydrogens (tertiary/aromatic N) is 4. The third kappa shape index (κ3) is 2.74. The van der Waals surface area contributed by atoms with Crippen LogP contribution >= 0.6 is 23.2 Å². The number of nitriles is 1. The van der Waals surface area contributed by atoms with E-state index in [1.165, 1.54) is 0 Å². The highest BCUT2D eigenvalue weighted by molar-refractivity contribution is 6.37. The lowest BCUT2D eigenvalue weighted by Crippen LogP contribution is -2.02. The monoisotopic (exact) mass is 394 g/mol. The Kier molecular flexibility index (Phi) is 4.11. The average Bonchev–Trinajstić information content (AvgIpc) is 2.98. The molecular formula is C19H12Cl2N6. The van der Waals surface area contributed by atoms with Crippen LogP contribution in [-0.2, 0) is 0 Å². The van der Waals surface area contributed by atoms with Gasteiger partial charge < -0.3 is 11.5 Å². The Morgan fingerprint density at radius 3 is 2.41 bits per heavy atom. The summed E-state index contributed by atoms with van der Waals surface area (Å²) in [6.45, 7) is 0. The van der Waals surface area contributed by atoms with Crippen molar-refractivity contribution in [3.8, 4) is 22.9 Å². The molecule has 0 amide bonds. The van der Waals surface area contributed by atoms with E-state index >= 15 is 0 Å². The summed E-state index contributed by atoms with van der Waals surface area (Å²) in [5, 5.41) is 15.4. The van der Waals surface area contributed by atoms with Gasteiger partial charge in [-0.25, -0.2) is 9.67 Å². The zero-order valence-electron chi connectivity index (χ0n) is 13.8. The fourth-order valence-electron chi connectivity index (χ4n) is 3.02. The summed E-state index contributed by atoms with van der Waals surface area (Å²) in [6, 6.07) is 16.5. The second kappa shape index (κ2) is 6.47. The molecule has 4 rings (SSSR count). The van der Waals surface area contributed by atoms with E-state index in [4.69, 9.17) is 34.7 Å². The van der Waals surface area contributed by atoms with Gasteiger partial charge in [-0.15, -0.1) is 5.10 Å². The van der Waals surface area contributed by atoms with E-state index in [-0.39, 0.29) is 17.2 Å². The molecule has 2 aromatic carbocycles. The number of pyridine rings is 1. The number of fused-ring (bicyclic) bond motifs is 1. The number of hydrogen-bond donors (Lipinski definition) is 2. The molecule has 2 aromatic heterocycles. The smallest absolute Gasteiger partial charge is 0.168 e. The van der Waals surface area contributed by atoms with Gasteiger partial charge in [-0.05, 0) is 24.3 Å². The number of para-hydroxylation sites is 1. The molecule has 0 radical (unpaired) electrons. The van der Waals surface area contributed by atoms with Crippen LogP contribution in [0.4, 0.5) is 11.6 Å². The maximum atomic E-state index is 9.67. The Balaban J connectivity index is 2.15. The van der Waals surface area contributed by atoms with Crippen LogP contribution in [0.2, 0.25) is 10.0 Å². The van der Waals surface area contributed by atoms with Gasteiger partial charge in [0.15, 0.2) is 11.5 Å². The zero-order valence-corrected chi connectivity index (χ0v) is 15.3. The van der Waals surface area contributed by atoms with E-state index in [0.29, 0.717) is 32.2 Å². The molecule has 132 valence electrons. The van der Waals surface area contributed by atoms with E-state index in [9.17, 15) is 5.26 Å². The first-order valence-corrected chi connectivity index (χ1v) is 8.65. The predicted octanol–water partition coefficient (Wildman–Crippen LogP) is 4.43. The quantitative estimate of drug-likeness (QED) is 0.522. The number of rotatable bonds is 2. The Bertz CT molecular complexity index is 1220. The summed E-state index contributed by atoms with van der Waals surface area (Å²) in [6.07, 6.45) is 0. The highest BCUT2D eigenvalue weighted by Crippen LogP contribution is 2.41. The largest absolute Gasteiger partial charge is 0.383 e. The third-order valence-corrected chi connectivity index (χ3v) is 4.73. The van der Waals surface area contributed by atoms with Crippen molar-refractivity contribution in [1.82, 2.24) is 14.8 Å². The molecule has 0 aliphatic heterocycles. The molecule has 0 spiro atoms. The van der Waals surface area contributed by atoms with Crippen LogP contribution < -0.4 is 11.5 Å². The van der Waals surface area contributed by atoms with E-state index in [1.54, 1.807) is 22.9 Å². The molecule has 6 nitrogen and oxygen atoms in total. The molecule has 0 bridgehead atoms. The van der Waals surface area contributed by atoms with Gasteiger partial charge in [-0.1, -0.05) is 47.5 Å². The molecule has 0 atom stereocenters. The van der Waals surface area contributed by atoms with Crippen LogP contribution in [0.1, 0.15) is 5.56 Å². The van der Waals surface area contributed by atoms with Crippen molar-refractivity contribution in [3.63, 3.8) is 0 Å². The topological polar surface area (TPSA) is 107 Å². The van der Waals surface area contributed by atoms with Crippen molar-refractivity contribution in [3.05, 3.63) is 64.1 Å². The molecule has 0 aliphatic rings. The van der Waals surface area contributed by atoms with Crippen LogP contribution in [0.25, 0.3) is 27.8 Å². The van der Waals surface area contributed by atoms with E-state index in [2.05, 4.69) is 16.2 Å². The number of anilines is 2. The number of benzene rings is 2. The van der Waals surface area contributed by atoms with Gasteiger partial charge in [-0.3, -0.25) is 0 Å². The zero-order chi connectivity index (χ0) is 19.1. The molecule has 8 heteroatoms. The molecule has 4 N–H and O–H groups in total. The van der Waals surface area contributed by atoms with Gasteiger partial charge in [-0.2, -0.15) is 5.26 Å². The van der Waals surface area contributed by atoms with Gasteiger partial charge in [0.2, 0.25) is 0 Å². The molecule has 4 aromatic rings. The fourth-order valence-corrected chi connectivity index (χ4v) is 3.52. The van der Waals surface area contributed by atoms with E-state index in [1.807, 2.05) is 30.3 Å². The highest BCUT2D eigenvalue weighted by atomic mass is 35.5. The minimum absolute atomic E-state index is 0.0723. The van der Waals surface area contributed by atoms with Gasteiger partial charge in [0.1, 0.15) is 17.5 Å². The van der Waals surface area contributed by atoms with Crippen LogP contribution in [-0.4, -0.2) is 14.8 Å². The van der Waals surface area contributed by atoms with Gasteiger partial charge in [0.25, 0.3) is 0 Å². The first-order valence-electron chi connectivity index (χ1n) is 7.90. The summed E-state index contributed by atoms with van der Waals surface area (Å²) in [5.41, 5.74) is 14.8. The normalized spacial score (nSPS) is 10.9. The number of nitrogens with two attached hydrogens (primary N) is 2. The SMILES string of the molecule is N#Cc1c(N)nc2c(c(N)nn2-c2ccccc2)c1-c1ccc(Cl)cc1Cl. The predicted molar refractivity (Wildman–Crippen MR) is 108 cm³/mol. The van der Waals surface area contributed by atoms with Crippen molar-refractivity contribution < 1.29 is 0 Å². The standard InChI is InChI=1S/C19H12Cl2N6/c20-10-6-7-12(14(21)8-10)15-13(9-22)17(23)25-19-16(15)18(24)26-27(19)11-4-2-1-3-5-11/h1-8H,(H2,23,25)(H2,24,26). The summed E-state index contributed by atoms with van der Waals surface area (Å²) in [5.74, 6) is 0.293. The molecule has 2 heterocycles. The number of hydrogen-bond acceptors (Lipinski definition) is 5. The average molecular weight is 395 g/mol. The first kappa shape index (κ1) is 17.2. The van der Waals surface area contributed by atoms with Gasteiger partial charge in [0.05, 0.1) is 11.1 Å². The van der Waals surface area contributed by atoms with E-state index in [0.717, 1.165) is 5.69 Å². The second-order valence-electron chi connectivity index (χ2n) is 5.81. The van der Waals surface area contributed by atoms with Crippen molar-refractivity contribution in [2.45, 2.75) is 0 Å². The lowest BCUT2D eigenvalue weighted by atomic mass is 9.98. The number of nitrogen functional groups attached to an aromatic ring is 2. The summed E-state index contributed by atoms with van der Waals surface area (Å²) < 4.78 is 1.59. The third-order valence-electron chi connectivity index (χ3n) is 4.18. The van der Waals surface area contributed by atoms with Crippen molar-refractivity contribution in [1.29, 1.82) is 5.26 Å². The molecule has 0 saturated heterocycles. The Morgan fingerprint density at radius 1 is 1.00 bits per heavy atom. The van der Waals surface area contributed by atoms with Gasteiger partial charge >= 0.3 is 0 Å². The molecule has 27 heavy (non-hydrogen) atoms.